The van der Waals surface area contributed by atoms with Gasteiger partial charge in [-0.05, 0) is 44.7 Å². The smallest absolute Gasteiger partial charge is 0.317 e. The zero-order valence-electron chi connectivity index (χ0n) is 14.7. The van der Waals surface area contributed by atoms with Crippen LogP contribution < -0.4 is 5.32 Å². The van der Waals surface area contributed by atoms with Crippen molar-refractivity contribution in [2.24, 2.45) is 0 Å². The molecule has 0 spiro atoms. The van der Waals surface area contributed by atoms with Gasteiger partial charge in [0.2, 0.25) is 0 Å². The number of aryl methyl sites for hydroxylation is 1. The third-order valence-electron chi connectivity index (χ3n) is 5.37. The van der Waals surface area contributed by atoms with Crippen LogP contribution >= 0.6 is 0 Å². The Labute approximate surface area is 146 Å². The lowest BCUT2D eigenvalue weighted by atomic mass is 9.85. The van der Waals surface area contributed by atoms with Gasteiger partial charge in [-0.25, -0.2) is 0 Å². The lowest BCUT2D eigenvalue weighted by Crippen LogP contribution is -2.54. The predicted molar refractivity (Wildman–Crippen MR) is 92.0 cm³/mol. The number of Topliss-reactive ketones (excluding diaryl/α,β-unsaturated/α-hetero) is 1. The molecule has 0 unspecified atom stereocenters. The number of likely N-dealkylation sites (N-methyl/N-ethyl adjacent to an activating group) is 1. The van der Waals surface area contributed by atoms with Gasteiger partial charge in [0, 0.05) is 29.8 Å². The minimum atomic E-state index is -0.827. The number of carbonyl (C=O) groups excluding carboxylic acids is 2. The number of aliphatic carboxylic acids is 1. The van der Waals surface area contributed by atoms with E-state index in [1.54, 1.807) is 0 Å². The first-order valence-electron chi connectivity index (χ1n) is 8.92. The van der Waals surface area contributed by atoms with E-state index in [9.17, 15) is 14.4 Å². The van der Waals surface area contributed by atoms with Crippen molar-refractivity contribution in [1.29, 1.82) is 0 Å². The van der Waals surface area contributed by atoms with Crippen LogP contribution in [0.3, 0.4) is 0 Å². The van der Waals surface area contributed by atoms with Crippen LogP contribution in [-0.2, 0) is 11.2 Å². The van der Waals surface area contributed by atoms with Crippen LogP contribution in [0.4, 0.5) is 0 Å². The van der Waals surface area contributed by atoms with E-state index in [4.69, 9.17) is 5.11 Å². The first-order chi connectivity index (χ1) is 11.9. The summed E-state index contributed by atoms with van der Waals surface area (Å²) in [5.41, 5.74) is 2.81. The Morgan fingerprint density at radius 3 is 2.64 bits per heavy atom. The van der Waals surface area contributed by atoms with Crippen LogP contribution in [-0.4, -0.2) is 57.8 Å². The maximum Gasteiger partial charge on any atom is 0.317 e. The first kappa shape index (κ1) is 17.7. The van der Waals surface area contributed by atoms with Crippen molar-refractivity contribution in [3.05, 3.63) is 22.5 Å². The lowest BCUT2D eigenvalue weighted by Gasteiger charge is -2.42. The molecule has 3 rings (SSSR count). The van der Waals surface area contributed by atoms with E-state index >= 15 is 0 Å². The molecule has 25 heavy (non-hydrogen) atoms. The Bertz CT molecular complexity index is 703. The quantitative estimate of drug-likeness (QED) is 0.724. The van der Waals surface area contributed by atoms with Crippen LogP contribution in [0.2, 0.25) is 0 Å². The van der Waals surface area contributed by atoms with Crippen molar-refractivity contribution < 1.29 is 19.5 Å². The minimum absolute atomic E-state index is 0.0341. The van der Waals surface area contributed by atoms with E-state index in [2.05, 4.69) is 10.3 Å². The monoisotopic (exact) mass is 347 g/mol. The standard InChI is InChI=1S/C18H25N3O4/c1-3-21(9-15(23)24)12-7-11(8-12)19-18(25)17-10(2)16-13(20-17)5-4-6-14(16)22/h11-12,20H,3-9H2,1-2H3,(H,19,25)(H,23,24). The van der Waals surface area contributed by atoms with Gasteiger partial charge < -0.3 is 15.4 Å². The third kappa shape index (κ3) is 3.46. The van der Waals surface area contributed by atoms with E-state index in [1.165, 1.54) is 0 Å². The number of hydrogen-bond donors (Lipinski definition) is 3. The predicted octanol–water partition coefficient (Wildman–Crippen LogP) is 1.51. The van der Waals surface area contributed by atoms with E-state index in [1.807, 2.05) is 18.7 Å². The Balaban J connectivity index is 1.60. The Hall–Kier alpha value is -2.15. The molecule has 2 aliphatic carbocycles. The summed E-state index contributed by atoms with van der Waals surface area (Å²) in [6.45, 7) is 4.48. The highest BCUT2D eigenvalue weighted by atomic mass is 16.4. The zero-order chi connectivity index (χ0) is 18.1. The molecule has 0 atom stereocenters. The summed E-state index contributed by atoms with van der Waals surface area (Å²) in [5, 5.41) is 11.9. The van der Waals surface area contributed by atoms with E-state index < -0.39 is 5.97 Å². The van der Waals surface area contributed by atoms with Gasteiger partial charge in [0.05, 0.1) is 6.54 Å². The molecule has 1 aromatic heterocycles. The molecule has 0 aliphatic heterocycles. The van der Waals surface area contributed by atoms with Crippen molar-refractivity contribution in [2.45, 2.75) is 58.0 Å². The fourth-order valence-electron chi connectivity index (χ4n) is 3.94. The summed E-state index contributed by atoms with van der Waals surface area (Å²) in [6, 6.07) is 0.252. The largest absolute Gasteiger partial charge is 0.480 e. The zero-order valence-corrected chi connectivity index (χ0v) is 14.7. The average molecular weight is 347 g/mol. The maximum absolute atomic E-state index is 12.6. The summed E-state index contributed by atoms with van der Waals surface area (Å²) in [5.74, 6) is -0.888. The van der Waals surface area contributed by atoms with Crippen LogP contribution in [0.5, 0.6) is 0 Å². The van der Waals surface area contributed by atoms with Gasteiger partial charge in [-0.3, -0.25) is 19.3 Å². The molecule has 2 aliphatic rings. The average Bonchev–Trinajstić information content (AvgIpc) is 2.86. The van der Waals surface area contributed by atoms with E-state index in [0.717, 1.165) is 36.9 Å². The normalized spacial score (nSPS) is 22.4. The number of H-pyrrole nitrogens is 1. The van der Waals surface area contributed by atoms with Crippen LogP contribution in [0.15, 0.2) is 0 Å². The molecule has 1 aromatic rings. The van der Waals surface area contributed by atoms with Gasteiger partial charge in [0.25, 0.3) is 5.91 Å². The summed E-state index contributed by atoms with van der Waals surface area (Å²) in [4.78, 5) is 40.6. The summed E-state index contributed by atoms with van der Waals surface area (Å²) < 4.78 is 0. The van der Waals surface area contributed by atoms with E-state index in [-0.39, 0.29) is 30.3 Å². The number of hydrogen-bond acceptors (Lipinski definition) is 4. The molecule has 0 aromatic carbocycles. The topological polar surface area (TPSA) is 102 Å². The van der Waals surface area contributed by atoms with Crippen molar-refractivity contribution in [2.75, 3.05) is 13.1 Å². The second kappa shape index (κ2) is 7.00. The second-order valence-electron chi connectivity index (χ2n) is 7.01. The molecule has 136 valence electrons. The highest BCUT2D eigenvalue weighted by Gasteiger charge is 2.35. The Morgan fingerprint density at radius 2 is 2.04 bits per heavy atom. The molecule has 1 heterocycles. The van der Waals surface area contributed by atoms with Gasteiger partial charge in [0.15, 0.2) is 5.78 Å². The lowest BCUT2D eigenvalue weighted by molar-refractivity contribution is -0.139. The number of carboxylic acids is 1. The number of aromatic amines is 1. The Kier molecular flexibility index (Phi) is 4.94. The molecule has 7 nitrogen and oxygen atoms in total. The fraction of sp³-hybridized carbons (Fsp3) is 0.611. The molecule has 3 N–H and O–H groups in total. The molecule has 1 fully saturated rings. The Morgan fingerprint density at radius 1 is 1.32 bits per heavy atom. The SMILES string of the molecule is CCN(CC(=O)O)C1CC(NC(=O)c2[nH]c3c(c2C)C(=O)CCC3)C1. The van der Waals surface area contributed by atoms with Gasteiger partial charge >= 0.3 is 5.97 Å². The van der Waals surface area contributed by atoms with Crippen LogP contribution in [0.1, 0.15) is 64.7 Å². The molecule has 7 heteroatoms. The van der Waals surface area contributed by atoms with Gasteiger partial charge in [-0.1, -0.05) is 6.92 Å². The number of rotatable bonds is 6. The number of fused-ring (bicyclic) bond motifs is 1. The van der Waals surface area contributed by atoms with Gasteiger partial charge in [-0.2, -0.15) is 0 Å². The summed E-state index contributed by atoms with van der Waals surface area (Å²) in [7, 11) is 0. The molecule has 0 saturated heterocycles. The molecular weight excluding hydrogens is 322 g/mol. The molecule has 0 radical (unpaired) electrons. The number of ketones is 1. The van der Waals surface area contributed by atoms with Crippen molar-refractivity contribution in [3.8, 4) is 0 Å². The van der Waals surface area contributed by atoms with Gasteiger partial charge in [-0.15, -0.1) is 0 Å². The van der Waals surface area contributed by atoms with Crippen molar-refractivity contribution in [3.63, 3.8) is 0 Å². The van der Waals surface area contributed by atoms with Crippen molar-refractivity contribution in [1.82, 2.24) is 15.2 Å². The highest BCUT2D eigenvalue weighted by molar-refractivity contribution is 6.04. The number of carbonyl (C=O) groups is 3. The molecule has 1 amide bonds. The number of carboxylic acid groups (broad SMARTS) is 1. The maximum atomic E-state index is 12.6. The van der Waals surface area contributed by atoms with E-state index in [0.29, 0.717) is 24.2 Å². The number of aromatic nitrogens is 1. The van der Waals surface area contributed by atoms with Crippen LogP contribution in [0.25, 0.3) is 0 Å². The number of amides is 1. The summed E-state index contributed by atoms with van der Waals surface area (Å²) in [6.07, 6.45) is 3.69. The van der Waals surface area contributed by atoms with Gasteiger partial charge in [0.1, 0.15) is 5.69 Å². The molecule has 1 saturated carbocycles. The highest BCUT2D eigenvalue weighted by Crippen LogP contribution is 2.28. The third-order valence-corrected chi connectivity index (χ3v) is 5.37. The minimum Gasteiger partial charge on any atom is -0.480 e. The molecular formula is C18H25N3O4. The van der Waals surface area contributed by atoms with Crippen molar-refractivity contribution >= 4 is 17.7 Å². The number of nitrogens with zero attached hydrogens (tertiary/aromatic N) is 1. The second-order valence-corrected chi connectivity index (χ2v) is 7.01. The summed E-state index contributed by atoms with van der Waals surface area (Å²) >= 11 is 0. The molecule has 0 bridgehead atoms. The fourth-order valence-corrected chi connectivity index (χ4v) is 3.94. The number of nitrogens with one attached hydrogen (secondary N) is 2. The van der Waals surface area contributed by atoms with Crippen LogP contribution in [0, 0.1) is 6.92 Å². The first-order valence-corrected chi connectivity index (χ1v) is 8.92.